The summed E-state index contributed by atoms with van der Waals surface area (Å²) in [4.78, 5) is 72.9. The van der Waals surface area contributed by atoms with Crippen molar-refractivity contribution in [2.24, 2.45) is 23.7 Å². The van der Waals surface area contributed by atoms with Gasteiger partial charge in [-0.1, -0.05) is 357 Å². The zero-order valence-electron chi connectivity index (χ0n) is 65.1. The van der Waals surface area contributed by atoms with Gasteiger partial charge in [0.05, 0.1) is 26.4 Å². The summed E-state index contributed by atoms with van der Waals surface area (Å²) in [6.45, 7) is 14.2. The van der Waals surface area contributed by atoms with Gasteiger partial charge in [-0.3, -0.25) is 37.3 Å². The largest absolute Gasteiger partial charge is 0.472 e. The van der Waals surface area contributed by atoms with E-state index in [2.05, 4.69) is 55.4 Å². The summed E-state index contributed by atoms with van der Waals surface area (Å²) in [5.74, 6) is 0.984. The molecule has 0 aliphatic rings. The number of phosphoric ester groups is 2. The van der Waals surface area contributed by atoms with Crippen molar-refractivity contribution in [2.75, 3.05) is 39.6 Å². The third-order valence-corrected chi connectivity index (χ3v) is 20.8. The normalized spacial score (nSPS) is 14.3. The lowest BCUT2D eigenvalue weighted by molar-refractivity contribution is -0.161. The molecule has 17 nitrogen and oxygen atoms in total. The van der Waals surface area contributed by atoms with Crippen LogP contribution in [0.1, 0.15) is 409 Å². The van der Waals surface area contributed by atoms with Gasteiger partial charge in [0.15, 0.2) is 12.2 Å². The summed E-state index contributed by atoms with van der Waals surface area (Å²) in [7, 11) is -9.92. The summed E-state index contributed by atoms with van der Waals surface area (Å²) in [5.41, 5.74) is 0. The fourth-order valence-corrected chi connectivity index (χ4v) is 13.8. The minimum absolute atomic E-state index is 0.104. The van der Waals surface area contributed by atoms with E-state index in [0.29, 0.717) is 31.6 Å². The molecule has 0 spiro atoms. The Balaban J connectivity index is 5.24. The minimum atomic E-state index is -4.96. The Morgan fingerprint density at radius 1 is 0.283 bits per heavy atom. The van der Waals surface area contributed by atoms with E-state index in [1.54, 1.807) is 0 Å². The number of hydrogen-bond acceptors (Lipinski definition) is 15. The molecule has 19 heteroatoms. The van der Waals surface area contributed by atoms with Gasteiger partial charge in [-0.05, 0) is 49.4 Å². The van der Waals surface area contributed by atoms with E-state index in [9.17, 15) is 43.2 Å². The first-order chi connectivity index (χ1) is 47.6. The van der Waals surface area contributed by atoms with E-state index in [1.165, 1.54) is 205 Å². The van der Waals surface area contributed by atoms with Crippen molar-refractivity contribution in [1.82, 2.24) is 0 Å². The van der Waals surface area contributed by atoms with Crippen molar-refractivity contribution in [2.45, 2.75) is 427 Å². The second-order valence-electron chi connectivity index (χ2n) is 30.5. The molecule has 0 aliphatic carbocycles. The molecule has 0 aromatic heterocycles. The molecule has 0 fully saturated rings. The van der Waals surface area contributed by atoms with Crippen LogP contribution in [0.2, 0.25) is 0 Å². The van der Waals surface area contributed by atoms with Gasteiger partial charge < -0.3 is 33.8 Å². The summed E-state index contributed by atoms with van der Waals surface area (Å²) in [6, 6.07) is 0. The number of carbonyl (C=O) groups excluding carboxylic acids is 4. The average molecular weight is 1450 g/mol. The van der Waals surface area contributed by atoms with E-state index >= 15 is 0 Å². The molecule has 0 aliphatic heterocycles. The van der Waals surface area contributed by atoms with Gasteiger partial charge in [-0.15, -0.1) is 0 Å². The molecule has 0 rings (SSSR count). The number of aliphatic hydroxyl groups excluding tert-OH is 1. The maximum atomic E-state index is 13.1. The van der Waals surface area contributed by atoms with E-state index in [1.807, 2.05) is 0 Å². The summed E-state index contributed by atoms with van der Waals surface area (Å²) < 4.78 is 68.6. The Kier molecular flexibility index (Phi) is 67.8. The molecule has 0 aromatic carbocycles. The average Bonchev–Trinajstić information content (AvgIpc) is 1.01. The van der Waals surface area contributed by atoms with Crippen LogP contribution in [-0.4, -0.2) is 96.7 Å². The predicted octanol–water partition coefficient (Wildman–Crippen LogP) is 23.6. The number of rotatable bonds is 77. The van der Waals surface area contributed by atoms with Crippen LogP contribution >= 0.6 is 15.6 Å². The summed E-state index contributed by atoms with van der Waals surface area (Å²) in [5, 5.41) is 10.6. The highest BCUT2D eigenvalue weighted by Crippen LogP contribution is 2.45. The fourth-order valence-electron chi connectivity index (χ4n) is 12.2. The Hall–Kier alpha value is -1.94. The highest BCUT2D eigenvalue weighted by Gasteiger charge is 2.30. The van der Waals surface area contributed by atoms with Crippen LogP contribution in [-0.2, 0) is 65.4 Å². The van der Waals surface area contributed by atoms with E-state index in [-0.39, 0.29) is 25.7 Å². The zero-order valence-corrected chi connectivity index (χ0v) is 66.9. The maximum absolute atomic E-state index is 13.1. The number of ether oxygens (including phenoxy) is 4. The van der Waals surface area contributed by atoms with Crippen molar-refractivity contribution in [1.29, 1.82) is 0 Å². The molecule has 4 unspecified atom stereocenters. The van der Waals surface area contributed by atoms with Crippen LogP contribution in [0.25, 0.3) is 0 Å². The zero-order chi connectivity index (χ0) is 73.1. The molecule has 0 radical (unpaired) electrons. The van der Waals surface area contributed by atoms with Gasteiger partial charge in [0, 0.05) is 25.7 Å². The lowest BCUT2D eigenvalue weighted by atomic mass is 9.99. The number of carbonyl (C=O) groups is 4. The number of hydrogen-bond donors (Lipinski definition) is 3. The van der Waals surface area contributed by atoms with E-state index in [0.717, 1.165) is 114 Å². The third kappa shape index (κ3) is 72.8. The lowest BCUT2D eigenvalue weighted by Gasteiger charge is -2.21. The summed E-state index contributed by atoms with van der Waals surface area (Å²) >= 11 is 0. The Morgan fingerprint density at radius 3 is 0.717 bits per heavy atom. The Morgan fingerprint density at radius 2 is 0.485 bits per heavy atom. The van der Waals surface area contributed by atoms with Crippen molar-refractivity contribution in [3.8, 4) is 0 Å². The van der Waals surface area contributed by atoms with Gasteiger partial charge in [0.2, 0.25) is 0 Å². The Bertz CT molecular complexity index is 1940. The first-order valence-electron chi connectivity index (χ1n) is 41.2. The van der Waals surface area contributed by atoms with Crippen LogP contribution in [0.4, 0.5) is 0 Å². The highest BCUT2D eigenvalue weighted by molar-refractivity contribution is 7.47. The van der Waals surface area contributed by atoms with Gasteiger partial charge in [0.1, 0.15) is 19.3 Å². The van der Waals surface area contributed by atoms with Gasteiger partial charge in [0.25, 0.3) is 0 Å². The quantitative estimate of drug-likeness (QED) is 0.0222. The van der Waals surface area contributed by atoms with Crippen LogP contribution in [0.15, 0.2) is 0 Å². The van der Waals surface area contributed by atoms with Crippen LogP contribution in [0, 0.1) is 23.7 Å². The monoisotopic (exact) mass is 1450 g/mol. The standard InChI is InChI=1S/C80H156O17P2/c1-9-73(8)59-51-43-35-27-21-17-14-15-18-22-28-36-44-52-60-77(82)90-66-75(96-79(84)62-54-46-37-29-23-19-13-11-10-12-16-20-25-32-40-48-56-70(2)3)68-94-98(86,87)92-64-74(81)65-93-99(88,89)95-69-76(67-91-78(83)61-53-45-39-31-34-42-50-58-72(6)7)97-80(85)63-55-47-38-30-24-26-33-41-49-57-71(4)5/h70-76,81H,9-69H2,1-8H3,(H,86,87)(H,88,89)/t73?,74?,75-,76-/m1/s1. The van der Waals surface area contributed by atoms with Crippen LogP contribution in [0.5, 0.6) is 0 Å². The van der Waals surface area contributed by atoms with Crippen molar-refractivity contribution in [3.63, 3.8) is 0 Å². The van der Waals surface area contributed by atoms with Gasteiger partial charge in [-0.2, -0.15) is 0 Å². The number of unbranched alkanes of at least 4 members (excludes halogenated alkanes) is 42. The number of esters is 4. The van der Waals surface area contributed by atoms with Gasteiger partial charge >= 0.3 is 39.5 Å². The van der Waals surface area contributed by atoms with E-state index < -0.39 is 97.5 Å². The molecular weight excluding hydrogens is 1290 g/mol. The van der Waals surface area contributed by atoms with Crippen LogP contribution in [0.3, 0.4) is 0 Å². The molecule has 0 saturated carbocycles. The second-order valence-corrected chi connectivity index (χ2v) is 33.4. The molecule has 3 N–H and O–H groups in total. The minimum Gasteiger partial charge on any atom is -0.462 e. The van der Waals surface area contributed by atoms with Crippen molar-refractivity contribution >= 4 is 39.5 Å². The smallest absolute Gasteiger partial charge is 0.462 e. The molecule has 0 aromatic rings. The van der Waals surface area contributed by atoms with Crippen molar-refractivity contribution < 1.29 is 80.2 Å². The first-order valence-corrected chi connectivity index (χ1v) is 44.2. The third-order valence-electron chi connectivity index (χ3n) is 18.9. The van der Waals surface area contributed by atoms with E-state index in [4.69, 9.17) is 37.0 Å². The highest BCUT2D eigenvalue weighted by atomic mass is 31.2. The van der Waals surface area contributed by atoms with Gasteiger partial charge in [-0.25, -0.2) is 9.13 Å². The first kappa shape index (κ1) is 97.1. The molecule has 0 bridgehead atoms. The molecule has 99 heavy (non-hydrogen) atoms. The molecule has 0 heterocycles. The molecule has 0 saturated heterocycles. The Labute approximate surface area is 607 Å². The lowest BCUT2D eigenvalue weighted by Crippen LogP contribution is -2.30. The van der Waals surface area contributed by atoms with Crippen molar-refractivity contribution in [3.05, 3.63) is 0 Å². The van der Waals surface area contributed by atoms with Crippen LogP contribution < -0.4 is 0 Å². The molecular formula is C80H156O17P2. The molecule has 0 amide bonds. The fraction of sp³-hybridized carbons (Fsp3) is 0.950. The summed E-state index contributed by atoms with van der Waals surface area (Å²) in [6.07, 6.45) is 55.6. The topological polar surface area (TPSA) is 237 Å². The second kappa shape index (κ2) is 69.1. The number of phosphoric acid groups is 2. The molecule has 6 atom stereocenters. The predicted molar refractivity (Wildman–Crippen MR) is 404 cm³/mol. The molecule has 588 valence electrons. The SMILES string of the molecule is CCC(C)CCCCCCCCCCCCCCCCC(=O)OC[C@H](COP(=O)(O)OCC(O)COP(=O)(O)OC[C@@H](COC(=O)CCCCCCCCCC(C)C)OC(=O)CCCCCCCCCCCC(C)C)OC(=O)CCCCCCCCCCCCCCCCCCC(C)C. The number of aliphatic hydroxyl groups is 1. The maximum Gasteiger partial charge on any atom is 0.472 e.